The summed E-state index contributed by atoms with van der Waals surface area (Å²) in [5.41, 5.74) is 7.63. The highest BCUT2D eigenvalue weighted by Crippen LogP contribution is 2.39. The van der Waals surface area contributed by atoms with Gasteiger partial charge in [0.1, 0.15) is 0 Å². The van der Waals surface area contributed by atoms with Crippen LogP contribution in [-0.4, -0.2) is 0 Å². The number of hydrogen-bond acceptors (Lipinski definition) is 2. The van der Waals surface area contributed by atoms with Crippen molar-refractivity contribution < 1.29 is 0 Å². The van der Waals surface area contributed by atoms with Crippen LogP contribution in [0.4, 0.5) is 11.4 Å². The van der Waals surface area contributed by atoms with Gasteiger partial charge in [0.25, 0.3) is 0 Å². The molecule has 0 amide bonds. The van der Waals surface area contributed by atoms with Gasteiger partial charge in [0.2, 0.25) is 0 Å². The number of aryl methyl sites for hydroxylation is 2. The minimum Gasteiger partial charge on any atom is -0.376 e. The first-order valence-corrected chi connectivity index (χ1v) is 8.94. The fourth-order valence-electron chi connectivity index (χ4n) is 3.68. The Morgan fingerprint density at radius 1 is 0.640 bits per heavy atom. The highest BCUT2D eigenvalue weighted by atomic mass is 15.0. The normalized spacial score (nSPS) is 19.3. The maximum Gasteiger partial charge on any atom is 0.0580 e. The average molecular weight is 328 g/mol. The summed E-state index contributed by atoms with van der Waals surface area (Å²) in [6.45, 7) is 4.31. The average Bonchev–Trinajstić information content (AvgIpc) is 2.81. The SMILES string of the molecule is Cc1cccc(C2CC(c3cccc(C)c3)Nc3ccccc3N2)c1. The summed E-state index contributed by atoms with van der Waals surface area (Å²) in [6, 6.07) is 26.7. The second-order valence-electron chi connectivity index (χ2n) is 7.00. The van der Waals surface area contributed by atoms with Crippen molar-refractivity contribution >= 4 is 11.4 Å². The van der Waals surface area contributed by atoms with E-state index in [4.69, 9.17) is 0 Å². The maximum atomic E-state index is 3.75. The highest BCUT2D eigenvalue weighted by Gasteiger charge is 2.24. The number of rotatable bonds is 2. The predicted molar refractivity (Wildman–Crippen MR) is 106 cm³/mol. The molecular formula is C23H24N2. The molecule has 0 radical (unpaired) electrons. The Labute approximate surface area is 149 Å². The van der Waals surface area contributed by atoms with Crippen molar-refractivity contribution in [3.05, 3.63) is 95.1 Å². The molecule has 0 saturated carbocycles. The number of nitrogens with one attached hydrogen (secondary N) is 2. The van der Waals surface area contributed by atoms with Crippen LogP contribution in [0.1, 0.15) is 40.8 Å². The van der Waals surface area contributed by atoms with Gasteiger partial charge >= 0.3 is 0 Å². The smallest absolute Gasteiger partial charge is 0.0580 e. The Balaban J connectivity index is 1.76. The Kier molecular flexibility index (Phi) is 4.19. The Hall–Kier alpha value is -2.74. The van der Waals surface area contributed by atoms with E-state index in [0.29, 0.717) is 0 Å². The Morgan fingerprint density at radius 2 is 1.12 bits per heavy atom. The van der Waals surface area contributed by atoms with Crippen LogP contribution < -0.4 is 10.6 Å². The van der Waals surface area contributed by atoms with Gasteiger partial charge in [0, 0.05) is 0 Å². The second-order valence-corrected chi connectivity index (χ2v) is 7.00. The lowest BCUT2D eigenvalue weighted by atomic mass is 9.94. The zero-order valence-electron chi connectivity index (χ0n) is 14.8. The van der Waals surface area contributed by atoms with Crippen LogP contribution in [0.3, 0.4) is 0 Å². The molecule has 2 heteroatoms. The van der Waals surface area contributed by atoms with Gasteiger partial charge in [-0.3, -0.25) is 0 Å². The van der Waals surface area contributed by atoms with Gasteiger partial charge in [-0.05, 0) is 43.5 Å². The molecule has 25 heavy (non-hydrogen) atoms. The summed E-state index contributed by atoms with van der Waals surface area (Å²) in [5, 5.41) is 7.51. The van der Waals surface area contributed by atoms with Crippen LogP contribution in [0, 0.1) is 13.8 Å². The fourth-order valence-corrected chi connectivity index (χ4v) is 3.68. The minimum absolute atomic E-state index is 0.279. The summed E-state index contributed by atoms with van der Waals surface area (Å²) < 4.78 is 0. The van der Waals surface area contributed by atoms with Crippen molar-refractivity contribution in [2.75, 3.05) is 10.6 Å². The topological polar surface area (TPSA) is 24.1 Å². The summed E-state index contributed by atoms with van der Waals surface area (Å²) >= 11 is 0. The van der Waals surface area contributed by atoms with E-state index in [2.05, 4.69) is 97.3 Å². The fraction of sp³-hybridized carbons (Fsp3) is 0.217. The van der Waals surface area contributed by atoms with Crippen LogP contribution in [0.15, 0.2) is 72.8 Å². The first-order chi connectivity index (χ1) is 12.2. The summed E-state index contributed by atoms with van der Waals surface area (Å²) in [5.74, 6) is 0. The summed E-state index contributed by atoms with van der Waals surface area (Å²) in [6.07, 6.45) is 1.00. The molecule has 4 rings (SSSR count). The summed E-state index contributed by atoms with van der Waals surface area (Å²) in [7, 11) is 0. The number of anilines is 2. The largest absolute Gasteiger partial charge is 0.376 e. The van der Waals surface area contributed by atoms with Crippen molar-refractivity contribution in [1.29, 1.82) is 0 Å². The van der Waals surface area contributed by atoms with Crippen molar-refractivity contribution in [1.82, 2.24) is 0 Å². The van der Waals surface area contributed by atoms with E-state index in [1.54, 1.807) is 0 Å². The van der Waals surface area contributed by atoms with Gasteiger partial charge in [-0.25, -0.2) is 0 Å². The molecule has 1 heterocycles. The van der Waals surface area contributed by atoms with E-state index in [1.165, 1.54) is 33.6 Å². The molecular weight excluding hydrogens is 304 g/mol. The number of hydrogen-bond donors (Lipinski definition) is 2. The van der Waals surface area contributed by atoms with E-state index in [9.17, 15) is 0 Å². The van der Waals surface area contributed by atoms with Crippen LogP contribution in [0.25, 0.3) is 0 Å². The molecule has 1 aliphatic rings. The third-order valence-corrected chi connectivity index (χ3v) is 4.95. The molecule has 2 unspecified atom stereocenters. The summed E-state index contributed by atoms with van der Waals surface area (Å²) in [4.78, 5) is 0. The highest BCUT2D eigenvalue weighted by molar-refractivity contribution is 5.71. The van der Waals surface area contributed by atoms with Gasteiger partial charge in [-0.15, -0.1) is 0 Å². The zero-order valence-corrected chi connectivity index (χ0v) is 14.8. The van der Waals surface area contributed by atoms with Crippen molar-refractivity contribution in [3.8, 4) is 0 Å². The minimum atomic E-state index is 0.279. The van der Waals surface area contributed by atoms with E-state index in [0.717, 1.165) is 6.42 Å². The lowest BCUT2D eigenvalue weighted by Gasteiger charge is -2.23. The molecule has 2 atom stereocenters. The first-order valence-electron chi connectivity index (χ1n) is 8.94. The van der Waals surface area contributed by atoms with Crippen LogP contribution in [-0.2, 0) is 0 Å². The Bertz CT molecular complexity index is 812. The van der Waals surface area contributed by atoms with E-state index < -0.39 is 0 Å². The molecule has 2 N–H and O–H groups in total. The van der Waals surface area contributed by atoms with Crippen LogP contribution in [0.2, 0.25) is 0 Å². The molecule has 1 aliphatic heterocycles. The van der Waals surface area contributed by atoms with Crippen molar-refractivity contribution in [2.45, 2.75) is 32.4 Å². The van der Waals surface area contributed by atoms with E-state index >= 15 is 0 Å². The van der Waals surface area contributed by atoms with E-state index in [-0.39, 0.29) is 12.1 Å². The van der Waals surface area contributed by atoms with Crippen molar-refractivity contribution in [3.63, 3.8) is 0 Å². The second kappa shape index (κ2) is 6.64. The first kappa shape index (κ1) is 15.8. The third-order valence-electron chi connectivity index (χ3n) is 4.95. The lowest BCUT2D eigenvalue weighted by molar-refractivity contribution is 0.622. The maximum absolute atomic E-state index is 3.75. The quantitative estimate of drug-likeness (QED) is 0.601. The van der Waals surface area contributed by atoms with Crippen LogP contribution >= 0.6 is 0 Å². The molecule has 0 fully saturated rings. The molecule has 3 aromatic carbocycles. The molecule has 0 spiro atoms. The van der Waals surface area contributed by atoms with E-state index in [1.807, 2.05) is 0 Å². The lowest BCUT2D eigenvalue weighted by Crippen LogP contribution is -2.15. The molecule has 0 aromatic heterocycles. The number of benzene rings is 3. The molecule has 0 saturated heterocycles. The van der Waals surface area contributed by atoms with Gasteiger partial charge in [-0.2, -0.15) is 0 Å². The standard InChI is InChI=1S/C23H24N2/c1-16-7-5-9-18(13-16)22-15-23(19-10-6-8-17(2)14-19)25-21-12-4-3-11-20(21)24-22/h3-14,22-25H,15H2,1-2H3. The van der Waals surface area contributed by atoms with Gasteiger partial charge < -0.3 is 10.6 Å². The monoisotopic (exact) mass is 328 g/mol. The number of para-hydroxylation sites is 2. The van der Waals surface area contributed by atoms with Crippen LogP contribution in [0.5, 0.6) is 0 Å². The molecule has 0 bridgehead atoms. The van der Waals surface area contributed by atoms with Gasteiger partial charge in [-0.1, -0.05) is 71.8 Å². The zero-order chi connectivity index (χ0) is 17.2. The Morgan fingerprint density at radius 3 is 1.56 bits per heavy atom. The van der Waals surface area contributed by atoms with Gasteiger partial charge in [0.05, 0.1) is 23.5 Å². The molecule has 0 aliphatic carbocycles. The van der Waals surface area contributed by atoms with Crippen molar-refractivity contribution in [2.24, 2.45) is 0 Å². The molecule has 126 valence electrons. The number of fused-ring (bicyclic) bond motifs is 1. The molecule has 2 nitrogen and oxygen atoms in total. The van der Waals surface area contributed by atoms with Gasteiger partial charge in [0.15, 0.2) is 0 Å². The third kappa shape index (κ3) is 3.39. The molecule has 3 aromatic rings. The predicted octanol–water partition coefficient (Wildman–Crippen LogP) is 6.01.